The van der Waals surface area contributed by atoms with E-state index in [2.05, 4.69) is 52.3 Å². The second-order valence-electron chi connectivity index (χ2n) is 10.6. The first kappa shape index (κ1) is 32.2. The number of fused-ring (bicyclic) bond motifs is 2. The van der Waals surface area contributed by atoms with Crippen molar-refractivity contribution in [3.8, 4) is 0 Å². The van der Waals surface area contributed by atoms with Gasteiger partial charge in [0.2, 0.25) is 11.6 Å². The van der Waals surface area contributed by atoms with Crippen LogP contribution in [0.4, 0.5) is 47.6 Å². The van der Waals surface area contributed by atoms with Crippen LogP contribution in [0.25, 0.3) is 21.8 Å². The van der Waals surface area contributed by atoms with Crippen LogP contribution in [0.2, 0.25) is 0 Å². The van der Waals surface area contributed by atoms with Gasteiger partial charge in [0.1, 0.15) is 0 Å². The van der Waals surface area contributed by atoms with E-state index in [0.717, 1.165) is 25.7 Å². The molecule has 0 radical (unpaired) electrons. The lowest BCUT2D eigenvalue weighted by Crippen LogP contribution is -2.43. The van der Waals surface area contributed by atoms with Crippen molar-refractivity contribution >= 4 is 45.5 Å². The lowest BCUT2D eigenvalue weighted by atomic mass is 9.82. The Morgan fingerprint density at radius 3 is 1.35 bits per heavy atom. The first-order valence-electron chi connectivity index (χ1n) is 14.1. The van der Waals surface area contributed by atoms with Crippen LogP contribution < -0.4 is 32.3 Å². The number of benzene rings is 2. The Bertz CT molecular complexity index is 1590. The summed E-state index contributed by atoms with van der Waals surface area (Å²) < 4.78 is 79.3. The molecule has 1 aliphatic rings. The first-order chi connectivity index (χ1) is 21.9. The number of alkyl halides is 6. The Kier molecular flexibility index (Phi) is 9.43. The predicted molar refractivity (Wildman–Crippen MR) is 155 cm³/mol. The molecule has 6 N–H and O–H groups in total. The molecular weight excluding hydrogens is 622 g/mol. The van der Waals surface area contributed by atoms with Gasteiger partial charge in [0.15, 0.2) is 11.6 Å². The molecular formula is C28H28F6N10O2. The van der Waals surface area contributed by atoms with Crippen molar-refractivity contribution in [3.05, 3.63) is 60.2 Å². The summed E-state index contributed by atoms with van der Waals surface area (Å²) in [6.07, 6.45) is -6.54. The van der Waals surface area contributed by atoms with E-state index in [9.17, 15) is 35.9 Å². The summed E-state index contributed by atoms with van der Waals surface area (Å²) >= 11 is 0. The number of hydrazine groups is 2. The number of nitrogens with one attached hydrogen (secondary N) is 6. The third-order valence-electron chi connectivity index (χ3n) is 7.37. The third-order valence-corrected chi connectivity index (χ3v) is 7.37. The van der Waals surface area contributed by atoms with Crippen LogP contribution in [-0.2, 0) is 12.4 Å². The normalized spacial score (nSPS) is 16.9. The lowest BCUT2D eigenvalue weighted by Gasteiger charge is -2.28. The zero-order valence-electron chi connectivity index (χ0n) is 23.9. The fraction of sp³-hybridized carbons (Fsp3) is 0.357. The van der Waals surface area contributed by atoms with Gasteiger partial charge in [-0.15, -0.1) is 0 Å². The van der Waals surface area contributed by atoms with Crippen molar-refractivity contribution in [2.75, 3.05) is 23.9 Å². The summed E-state index contributed by atoms with van der Waals surface area (Å²) in [7, 11) is 0. The molecule has 2 aromatic carbocycles. The molecule has 2 aromatic heterocycles. The highest BCUT2D eigenvalue weighted by atomic mass is 19.4. The van der Waals surface area contributed by atoms with E-state index in [1.807, 2.05) is 0 Å². The van der Waals surface area contributed by atoms with Gasteiger partial charge in [0, 0.05) is 23.9 Å². The summed E-state index contributed by atoms with van der Waals surface area (Å²) in [6.45, 7) is 0.645. The highest BCUT2D eigenvalue weighted by Gasteiger charge is 2.36. The number of carbonyl (C=O) groups excluding carboxylic acids is 2. The highest BCUT2D eigenvalue weighted by Crippen LogP contribution is 2.31. The quantitative estimate of drug-likeness (QED) is 0.110. The number of hydrogen-bond acceptors (Lipinski definition) is 8. The smallest absolute Gasteiger partial charge is 0.336 e. The Labute approximate surface area is 257 Å². The molecule has 12 nitrogen and oxygen atoms in total. The maximum Gasteiger partial charge on any atom is 0.451 e. The second kappa shape index (κ2) is 13.5. The number of amides is 4. The molecule has 244 valence electrons. The topological polar surface area (TPSA) is 158 Å². The molecule has 1 saturated carbocycles. The van der Waals surface area contributed by atoms with Crippen molar-refractivity contribution < 1.29 is 35.9 Å². The van der Waals surface area contributed by atoms with Crippen LogP contribution in [-0.4, -0.2) is 45.1 Å². The fourth-order valence-electron chi connectivity index (χ4n) is 5.03. The molecule has 1 fully saturated rings. The van der Waals surface area contributed by atoms with Gasteiger partial charge in [0.25, 0.3) is 0 Å². The highest BCUT2D eigenvalue weighted by molar-refractivity contribution is 5.90. The predicted octanol–water partition coefficient (Wildman–Crippen LogP) is 5.37. The number of para-hydroxylation sites is 2. The standard InChI is InChI=1S/C28H28F6N10O2/c29-27(30,31)23-37-19-7-3-1-5-17(19)21(39-23)41-43-25(45)35-13-15-9-11-16(12-10-15)14-36-26(46)44-42-22-18-6-2-4-8-20(18)38-24(40-22)28(32,33)34/h1-8,15-16H,9-14H2,(H2,35,43,45)(H2,36,44,46)(H,37,39,41)(H,38,40,42). The summed E-state index contributed by atoms with van der Waals surface area (Å²) in [5.74, 6) is -2.79. The molecule has 1 aliphatic carbocycles. The molecule has 0 saturated heterocycles. The Hall–Kier alpha value is -5.16. The summed E-state index contributed by atoms with van der Waals surface area (Å²) in [5.41, 5.74) is 9.63. The molecule has 18 heteroatoms. The molecule has 0 unspecified atom stereocenters. The van der Waals surface area contributed by atoms with Crippen LogP contribution in [0.1, 0.15) is 37.3 Å². The van der Waals surface area contributed by atoms with Crippen molar-refractivity contribution in [1.82, 2.24) is 41.4 Å². The van der Waals surface area contributed by atoms with E-state index in [-0.39, 0.29) is 34.5 Å². The fourth-order valence-corrected chi connectivity index (χ4v) is 5.03. The number of nitrogens with zero attached hydrogens (tertiary/aromatic N) is 4. The Balaban J connectivity index is 1.03. The average Bonchev–Trinajstić information content (AvgIpc) is 3.03. The van der Waals surface area contributed by atoms with Crippen LogP contribution >= 0.6 is 0 Å². The largest absolute Gasteiger partial charge is 0.451 e. The van der Waals surface area contributed by atoms with E-state index in [0.29, 0.717) is 23.9 Å². The third kappa shape index (κ3) is 8.10. The van der Waals surface area contributed by atoms with Crippen molar-refractivity contribution in [2.24, 2.45) is 11.8 Å². The summed E-state index contributed by atoms with van der Waals surface area (Å²) in [5, 5.41) is 5.98. The van der Waals surface area contributed by atoms with E-state index in [1.54, 1.807) is 12.1 Å². The summed E-state index contributed by atoms with van der Waals surface area (Å²) in [4.78, 5) is 38.8. The van der Waals surface area contributed by atoms with Gasteiger partial charge in [0.05, 0.1) is 11.0 Å². The van der Waals surface area contributed by atoms with Crippen molar-refractivity contribution in [2.45, 2.75) is 38.0 Å². The van der Waals surface area contributed by atoms with Gasteiger partial charge in [-0.2, -0.15) is 26.3 Å². The molecule has 5 rings (SSSR count). The number of carbonyl (C=O) groups is 2. The number of anilines is 2. The van der Waals surface area contributed by atoms with Gasteiger partial charge < -0.3 is 10.6 Å². The Morgan fingerprint density at radius 2 is 0.978 bits per heavy atom. The number of rotatable bonds is 8. The number of aromatic nitrogens is 4. The van der Waals surface area contributed by atoms with Crippen molar-refractivity contribution in [1.29, 1.82) is 0 Å². The van der Waals surface area contributed by atoms with Crippen LogP contribution in [0.15, 0.2) is 48.5 Å². The monoisotopic (exact) mass is 650 g/mol. The molecule has 4 aromatic rings. The zero-order chi connectivity index (χ0) is 32.9. The van der Waals surface area contributed by atoms with Gasteiger partial charge in [-0.05, 0) is 61.8 Å². The van der Waals surface area contributed by atoms with E-state index in [1.165, 1.54) is 36.4 Å². The summed E-state index contributed by atoms with van der Waals surface area (Å²) in [6, 6.07) is 10.9. The van der Waals surface area contributed by atoms with Gasteiger partial charge >= 0.3 is 24.4 Å². The van der Waals surface area contributed by atoms with Gasteiger partial charge in [-0.1, -0.05) is 24.3 Å². The minimum Gasteiger partial charge on any atom is -0.336 e. The maximum atomic E-state index is 13.2. The zero-order valence-corrected chi connectivity index (χ0v) is 23.9. The number of hydrogen-bond donors (Lipinski definition) is 6. The molecule has 0 spiro atoms. The minimum atomic E-state index is -4.77. The van der Waals surface area contributed by atoms with E-state index in [4.69, 9.17) is 0 Å². The first-order valence-corrected chi connectivity index (χ1v) is 14.1. The average molecular weight is 651 g/mol. The van der Waals surface area contributed by atoms with Crippen LogP contribution in [0.3, 0.4) is 0 Å². The van der Waals surface area contributed by atoms with Gasteiger partial charge in [-0.3, -0.25) is 21.7 Å². The van der Waals surface area contributed by atoms with Gasteiger partial charge in [-0.25, -0.2) is 29.5 Å². The molecule has 46 heavy (non-hydrogen) atoms. The van der Waals surface area contributed by atoms with Crippen LogP contribution in [0, 0.1) is 11.8 Å². The molecule has 0 atom stereocenters. The molecule has 2 heterocycles. The van der Waals surface area contributed by atoms with E-state index >= 15 is 0 Å². The Morgan fingerprint density at radius 1 is 0.609 bits per heavy atom. The van der Waals surface area contributed by atoms with E-state index < -0.39 is 36.1 Å². The number of urea groups is 2. The SMILES string of the molecule is O=C(NCC1CCC(CNC(=O)NNc2nc(C(F)(F)F)nc3ccccc23)CC1)NNc1nc(C(F)(F)F)nc2ccccc12. The second-order valence-corrected chi connectivity index (χ2v) is 10.6. The molecule has 0 aliphatic heterocycles. The van der Waals surface area contributed by atoms with Crippen LogP contribution in [0.5, 0.6) is 0 Å². The maximum absolute atomic E-state index is 13.2. The van der Waals surface area contributed by atoms with Crippen molar-refractivity contribution in [3.63, 3.8) is 0 Å². The minimum absolute atomic E-state index is 0.0634. The molecule has 0 bridgehead atoms. The number of halogens is 6. The molecule has 4 amide bonds. The lowest BCUT2D eigenvalue weighted by molar-refractivity contribution is -0.145.